The highest BCUT2D eigenvalue weighted by atomic mass is 19.1. The second-order valence-corrected chi connectivity index (χ2v) is 4.48. The highest BCUT2D eigenvalue weighted by Crippen LogP contribution is 2.09. The van der Waals surface area contributed by atoms with Crippen molar-refractivity contribution in [2.24, 2.45) is 0 Å². The molecule has 0 radical (unpaired) electrons. The fourth-order valence-electron chi connectivity index (χ4n) is 1.75. The number of pyridine rings is 1. The van der Waals surface area contributed by atoms with E-state index >= 15 is 0 Å². The van der Waals surface area contributed by atoms with E-state index < -0.39 is 0 Å². The molecular formula is C15H15FN2O. The summed E-state index contributed by atoms with van der Waals surface area (Å²) >= 11 is 0. The van der Waals surface area contributed by atoms with E-state index in [0.29, 0.717) is 12.1 Å². The van der Waals surface area contributed by atoms with Crippen LogP contribution in [0.5, 0.6) is 0 Å². The summed E-state index contributed by atoms with van der Waals surface area (Å²) in [6, 6.07) is 9.69. The molecule has 2 rings (SSSR count). The van der Waals surface area contributed by atoms with Gasteiger partial charge >= 0.3 is 0 Å². The van der Waals surface area contributed by atoms with Crippen LogP contribution in [0.1, 0.15) is 21.6 Å². The molecule has 0 saturated heterocycles. The van der Waals surface area contributed by atoms with Gasteiger partial charge in [0.25, 0.3) is 5.91 Å². The number of carbonyl (C=O) groups is 1. The van der Waals surface area contributed by atoms with Gasteiger partial charge in [0.15, 0.2) is 0 Å². The summed E-state index contributed by atoms with van der Waals surface area (Å²) in [5.74, 6) is -0.378. The second-order valence-electron chi connectivity index (χ2n) is 4.48. The van der Waals surface area contributed by atoms with Gasteiger partial charge < -0.3 is 4.90 Å². The third-order valence-corrected chi connectivity index (χ3v) is 2.84. The van der Waals surface area contributed by atoms with Crippen molar-refractivity contribution in [1.82, 2.24) is 9.88 Å². The predicted octanol–water partition coefficient (Wildman–Crippen LogP) is 2.80. The Hall–Kier alpha value is -2.23. The van der Waals surface area contributed by atoms with Crippen molar-refractivity contribution in [2.45, 2.75) is 13.5 Å². The van der Waals surface area contributed by atoms with Crippen LogP contribution in [0.25, 0.3) is 0 Å². The SMILES string of the molecule is Cc1ccc(C(=O)N(C)Cc2ccc(F)cc2)cn1. The van der Waals surface area contributed by atoms with Gasteiger partial charge in [-0.3, -0.25) is 9.78 Å². The molecule has 0 fully saturated rings. The van der Waals surface area contributed by atoms with Gasteiger partial charge in [0.05, 0.1) is 5.56 Å². The quantitative estimate of drug-likeness (QED) is 0.848. The number of rotatable bonds is 3. The van der Waals surface area contributed by atoms with E-state index in [0.717, 1.165) is 11.3 Å². The zero-order chi connectivity index (χ0) is 13.8. The zero-order valence-electron chi connectivity index (χ0n) is 10.9. The Labute approximate surface area is 111 Å². The van der Waals surface area contributed by atoms with E-state index in [9.17, 15) is 9.18 Å². The molecule has 0 N–H and O–H groups in total. The maximum absolute atomic E-state index is 12.8. The maximum atomic E-state index is 12.8. The number of amides is 1. The van der Waals surface area contributed by atoms with E-state index in [-0.39, 0.29) is 11.7 Å². The first-order valence-corrected chi connectivity index (χ1v) is 5.99. The van der Waals surface area contributed by atoms with Gasteiger partial charge in [-0.05, 0) is 36.8 Å². The zero-order valence-corrected chi connectivity index (χ0v) is 10.9. The smallest absolute Gasteiger partial charge is 0.255 e. The first-order chi connectivity index (χ1) is 9.06. The fraction of sp³-hybridized carbons (Fsp3) is 0.200. The number of carbonyl (C=O) groups excluding carboxylic acids is 1. The van der Waals surface area contributed by atoms with Crippen LogP contribution in [0.2, 0.25) is 0 Å². The van der Waals surface area contributed by atoms with Gasteiger partial charge in [0, 0.05) is 25.5 Å². The van der Waals surface area contributed by atoms with Crippen molar-refractivity contribution in [3.8, 4) is 0 Å². The van der Waals surface area contributed by atoms with Gasteiger partial charge in [-0.2, -0.15) is 0 Å². The Bertz CT molecular complexity index is 564. The molecule has 0 saturated carbocycles. The lowest BCUT2D eigenvalue weighted by molar-refractivity contribution is 0.0784. The molecule has 3 nitrogen and oxygen atoms in total. The largest absolute Gasteiger partial charge is 0.337 e. The number of benzene rings is 1. The minimum absolute atomic E-state index is 0.100. The average Bonchev–Trinajstić information content (AvgIpc) is 2.41. The molecule has 0 spiro atoms. The molecule has 1 amide bonds. The van der Waals surface area contributed by atoms with Crippen LogP contribution >= 0.6 is 0 Å². The molecule has 2 aromatic rings. The third kappa shape index (κ3) is 3.37. The van der Waals surface area contributed by atoms with E-state index in [1.54, 1.807) is 42.4 Å². The van der Waals surface area contributed by atoms with Gasteiger partial charge in [-0.15, -0.1) is 0 Å². The molecule has 19 heavy (non-hydrogen) atoms. The molecule has 1 aromatic carbocycles. The maximum Gasteiger partial charge on any atom is 0.255 e. The molecule has 0 aliphatic heterocycles. The van der Waals surface area contributed by atoms with Gasteiger partial charge in [0.2, 0.25) is 0 Å². The molecule has 0 bridgehead atoms. The molecule has 0 aliphatic rings. The van der Waals surface area contributed by atoms with Gasteiger partial charge in [-0.25, -0.2) is 4.39 Å². The summed E-state index contributed by atoms with van der Waals surface area (Å²) in [6.07, 6.45) is 1.57. The predicted molar refractivity (Wildman–Crippen MR) is 71.2 cm³/mol. The summed E-state index contributed by atoms with van der Waals surface area (Å²) in [5.41, 5.74) is 2.31. The standard InChI is InChI=1S/C15H15FN2O/c1-11-3-6-13(9-17-11)15(19)18(2)10-12-4-7-14(16)8-5-12/h3-9H,10H2,1-2H3. The van der Waals surface area contributed by atoms with E-state index in [1.807, 2.05) is 6.92 Å². The Morgan fingerprint density at radius 2 is 1.89 bits per heavy atom. The Balaban J connectivity index is 2.07. The van der Waals surface area contributed by atoms with Crippen LogP contribution in [-0.4, -0.2) is 22.8 Å². The van der Waals surface area contributed by atoms with E-state index in [1.165, 1.54) is 12.1 Å². The second kappa shape index (κ2) is 5.61. The third-order valence-electron chi connectivity index (χ3n) is 2.84. The molecule has 0 atom stereocenters. The normalized spacial score (nSPS) is 10.3. The fourth-order valence-corrected chi connectivity index (χ4v) is 1.75. The summed E-state index contributed by atoms with van der Waals surface area (Å²) in [6.45, 7) is 2.31. The van der Waals surface area contributed by atoms with Gasteiger partial charge in [-0.1, -0.05) is 12.1 Å². The lowest BCUT2D eigenvalue weighted by Gasteiger charge is -2.17. The highest BCUT2D eigenvalue weighted by Gasteiger charge is 2.12. The highest BCUT2D eigenvalue weighted by molar-refractivity contribution is 5.93. The minimum Gasteiger partial charge on any atom is -0.337 e. The molecule has 4 heteroatoms. The summed E-state index contributed by atoms with van der Waals surface area (Å²) in [7, 11) is 1.71. The topological polar surface area (TPSA) is 33.2 Å². The van der Waals surface area contributed by atoms with Crippen LogP contribution in [0, 0.1) is 12.7 Å². The summed E-state index contributed by atoms with van der Waals surface area (Å²) in [4.78, 5) is 17.8. The Kier molecular flexibility index (Phi) is 3.90. The first kappa shape index (κ1) is 13.2. The summed E-state index contributed by atoms with van der Waals surface area (Å²) in [5, 5.41) is 0. The van der Waals surface area contributed by atoms with Crippen molar-refractivity contribution >= 4 is 5.91 Å². The molecule has 1 heterocycles. The number of nitrogens with zero attached hydrogens (tertiary/aromatic N) is 2. The number of halogens is 1. The molecule has 0 unspecified atom stereocenters. The van der Waals surface area contributed by atoms with Crippen LogP contribution in [0.4, 0.5) is 4.39 Å². The van der Waals surface area contributed by atoms with E-state index in [4.69, 9.17) is 0 Å². The molecule has 0 aliphatic carbocycles. The number of hydrogen-bond donors (Lipinski definition) is 0. The van der Waals surface area contributed by atoms with Crippen LogP contribution in [-0.2, 0) is 6.54 Å². The molecule has 98 valence electrons. The Morgan fingerprint density at radius 1 is 1.21 bits per heavy atom. The molecule has 1 aromatic heterocycles. The number of aryl methyl sites for hydroxylation is 1. The van der Waals surface area contributed by atoms with Crippen molar-refractivity contribution in [1.29, 1.82) is 0 Å². The number of aromatic nitrogens is 1. The Morgan fingerprint density at radius 3 is 2.47 bits per heavy atom. The van der Waals surface area contributed by atoms with Crippen LogP contribution in [0.3, 0.4) is 0 Å². The van der Waals surface area contributed by atoms with Crippen molar-refractivity contribution in [2.75, 3.05) is 7.05 Å². The monoisotopic (exact) mass is 258 g/mol. The van der Waals surface area contributed by atoms with Crippen LogP contribution in [0.15, 0.2) is 42.6 Å². The molecular weight excluding hydrogens is 243 g/mol. The van der Waals surface area contributed by atoms with E-state index in [2.05, 4.69) is 4.98 Å². The van der Waals surface area contributed by atoms with Crippen molar-refractivity contribution < 1.29 is 9.18 Å². The minimum atomic E-state index is -0.277. The summed E-state index contributed by atoms with van der Waals surface area (Å²) < 4.78 is 12.8. The van der Waals surface area contributed by atoms with Crippen molar-refractivity contribution in [3.63, 3.8) is 0 Å². The average molecular weight is 258 g/mol. The first-order valence-electron chi connectivity index (χ1n) is 5.99. The lowest BCUT2D eigenvalue weighted by Crippen LogP contribution is -2.26. The van der Waals surface area contributed by atoms with Crippen molar-refractivity contribution in [3.05, 3.63) is 65.2 Å². The number of hydrogen-bond acceptors (Lipinski definition) is 2. The lowest BCUT2D eigenvalue weighted by atomic mass is 10.2. The van der Waals surface area contributed by atoms with Crippen LogP contribution < -0.4 is 0 Å². The van der Waals surface area contributed by atoms with Gasteiger partial charge in [0.1, 0.15) is 5.82 Å².